The average molecular weight is 422 g/mol. The van der Waals surface area contributed by atoms with Crippen molar-refractivity contribution >= 4 is 11.6 Å². The van der Waals surface area contributed by atoms with Gasteiger partial charge in [-0.05, 0) is 30.2 Å². The Balaban J connectivity index is 1.64. The molecule has 1 N–H and O–H groups in total. The molecule has 0 aliphatic carbocycles. The number of hydroxylamine groups is 1. The lowest BCUT2D eigenvalue weighted by molar-refractivity contribution is -0.981. The van der Waals surface area contributed by atoms with Crippen LogP contribution in [0.4, 0.5) is 13.2 Å². The first-order chi connectivity index (χ1) is 14.2. The number of nitrogens with zero attached hydrogens (tertiary/aromatic N) is 3. The maximum Gasteiger partial charge on any atom is 0.416 e. The Bertz CT molecular complexity index is 945. The fourth-order valence-electron chi connectivity index (χ4n) is 2.97. The first kappa shape index (κ1) is 21.6. The van der Waals surface area contributed by atoms with Gasteiger partial charge in [0.1, 0.15) is 6.61 Å². The summed E-state index contributed by atoms with van der Waals surface area (Å²) in [6.45, 7) is 1.70. The van der Waals surface area contributed by atoms with Crippen LogP contribution < -0.4 is 5.17 Å². The minimum atomic E-state index is -4.41. The summed E-state index contributed by atoms with van der Waals surface area (Å²) >= 11 is 0. The van der Waals surface area contributed by atoms with E-state index < -0.39 is 17.8 Å². The molecule has 0 aromatic heterocycles. The van der Waals surface area contributed by atoms with Crippen molar-refractivity contribution in [3.8, 4) is 0 Å². The maximum absolute atomic E-state index is 12.8. The lowest BCUT2D eigenvalue weighted by atomic mass is 10.1. The number of methoxy groups -OCH3 is 1. The summed E-state index contributed by atoms with van der Waals surface area (Å²) in [7, 11) is 3.03. The largest absolute Gasteiger partial charge is 0.606 e. The second kappa shape index (κ2) is 8.72. The number of benzene rings is 2. The number of ether oxygens (including phenoxy) is 1. The van der Waals surface area contributed by atoms with Gasteiger partial charge in [0.05, 0.1) is 25.4 Å². The van der Waals surface area contributed by atoms with Crippen molar-refractivity contribution in [1.82, 2.24) is 5.12 Å². The molecule has 2 aromatic rings. The first-order valence-electron chi connectivity index (χ1n) is 9.04. The van der Waals surface area contributed by atoms with E-state index in [1.54, 1.807) is 38.2 Å². The molecule has 2 atom stereocenters. The molecule has 0 saturated carbocycles. The second-order valence-corrected chi connectivity index (χ2v) is 6.71. The van der Waals surface area contributed by atoms with Crippen LogP contribution in [0.1, 0.15) is 35.2 Å². The molecule has 1 aliphatic rings. The Labute approximate surface area is 171 Å². The van der Waals surface area contributed by atoms with Crippen molar-refractivity contribution in [2.75, 3.05) is 14.2 Å². The minimum absolute atomic E-state index is 0.125. The van der Waals surface area contributed by atoms with Gasteiger partial charge in [0.25, 0.3) is 5.90 Å². The summed E-state index contributed by atoms with van der Waals surface area (Å²) in [6, 6.07) is 11.4. The quantitative estimate of drug-likeness (QED) is 0.457. The zero-order chi connectivity index (χ0) is 21.9. The van der Waals surface area contributed by atoms with Gasteiger partial charge in [-0.15, -0.1) is 5.12 Å². The number of oxime groups is 1. The topological polar surface area (TPSA) is 73.9 Å². The van der Waals surface area contributed by atoms with Gasteiger partial charge < -0.3 is 14.8 Å². The smallest absolute Gasteiger partial charge is 0.416 e. The molecule has 2 unspecified atom stereocenters. The van der Waals surface area contributed by atoms with Crippen LogP contribution in [0, 0.1) is 5.21 Å². The Morgan fingerprint density at radius 1 is 1.23 bits per heavy atom. The molecular weight excluding hydrogens is 401 g/mol. The zero-order valence-electron chi connectivity index (χ0n) is 16.6. The van der Waals surface area contributed by atoms with Gasteiger partial charge in [0.15, 0.2) is 0 Å². The number of alkyl halides is 3. The van der Waals surface area contributed by atoms with Crippen LogP contribution in [-0.4, -0.2) is 30.9 Å². The van der Waals surface area contributed by atoms with E-state index >= 15 is 0 Å². The minimum Gasteiger partial charge on any atom is -0.606 e. The molecule has 30 heavy (non-hydrogen) atoms. The van der Waals surface area contributed by atoms with Gasteiger partial charge in [-0.1, -0.05) is 46.7 Å². The van der Waals surface area contributed by atoms with Crippen molar-refractivity contribution in [3.63, 3.8) is 0 Å². The van der Waals surface area contributed by atoms with Crippen molar-refractivity contribution in [3.05, 3.63) is 76.0 Å². The molecule has 160 valence electrons. The molecular formula is C20H21F3N4O3. The van der Waals surface area contributed by atoms with E-state index in [1.165, 1.54) is 24.4 Å². The molecule has 10 heteroatoms. The molecule has 3 rings (SSSR count). The van der Waals surface area contributed by atoms with Gasteiger partial charge in [-0.3, -0.25) is 0 Å². The summed E-state index contributed by atoms with van der Waals surface area (Å²) in [4.78, 5) is 5.29. The summed E-state index contributed by atoms with van der Waals surface area (Å²) < 4.78 is 43.7. The molecule has 2 aromatic carbocycles. The van der Waals surface area contributed by atoms with Gasteiger partial charge in [0.2, 0.25) is 6.04 Å². The molecule has 0 saturated heterocycles. The van der Waals surface area contributed by atoms with E-state index in [9.17, 15) is 18.4 Å². The Morgan fingerprint density at radius 2 is 1.93 bits per heavy atom. The predicted molar refractivity (Wildman–Crippen MR) is 104 cm³/mol. The average Bonchev–Trinajstić information content (AvgIpc) is 3.02. The number of rotatable bonds is 5. The van der Waals surface area contributed by atoms with Crippen molar-refractivity contribution in [2.45, 2.75) is 25.7 Å². The highest BCUT2D eigenvalue weighted by Crippen LogP contribution is 2.29. The first-order valence-corrected chi connectivity index (χ1v) is 9.04. The monoisotopic (exact) mass is 422 g/mol. The van der Waals surface area contributed by atoms with E-state index in [1.807, 2.05) is 0 Å². The van der Waals surface area contributed by atoms with E-state index in [4.69, 9.17) is 9.57 Å². The molecule has 0 spiro atoms. The Hall–Kier alpha value is -3.11. The van der Waals surface area contributed by atoms with E-state index in [0.29, 0.717) is 17.2 Å². The van der Waals surface area contributed by atoms with Crippen LogP contribution in [-0.2, 0) is 22.4 Å². The van der Waals surface area contributed by atoms with Crippen molar-refractivity contribution < 1.29 is 27.9 Å². The lowest BCUT2D eigenvalue weighted by Gasteiger charge is -2.27. The standard InChI is InChI=1S/C20H21F3N4O3/c1-13(16-5-4-6-17(11-16)20(21,22)23)25-30-12-14-7-9-15(10-8-14)18-19(29-3)24-26(2)27(18)28/h4-11,18,27H,12H2,1-3H3. The van der Waals surface area contributed by atoms with Crippen LogP contribution in [0.3, 0.4) is 0 Å². The third-order valence-electron chi connectivity index (χ3n) is 4.62. The van der Waals surface area contributed by atoms with Crippen LogP contribution in [0.15, 0.2) is 58.8 Å². The SMILES string of the molecule is COC1=NN(C)[NH+]([O-])C1c1ccc(CON=C(C)c2cccc(C(F)(F)F)c2)cc1. The summed E-state index contributed by atoms with van der Waals surface area (Å²) in [5, 5.41) is 21.3. The lowest BCUT2D eigenvalue weighted by Crippen LogP contribution is -3.11. The van der Waals surface area contributed by atoms with Gasteiger partial charge >= 0.3 is 6.18 Å². The van der Waals surface area contributed by atoms with Crippen LogP contribution in [0.5, 0.6) is 0 Å². The Kier molecular flexibility index (Phi) is 6.28. The number of halogens is 3. The highest BCUT2D eigenvalue weighted by atomic mass is 19.4. The number of quaternary nitrogens is 1. The normalized spacial score (nSPS) is 19.6. The molecule has 1 heterocycles. The molecule has 0 amide bonds. The Morgan fingerprint density at radius 3 is 2.57 bits per heavy atom. The highest BCUT2D eigenvalue weighted by Gasteiger charge is 2.35. The summed E-state index contributed by atoms with van der Waals surface area (Å²) in [5.74, 6) is 0.327. The predicted octanol–water partition coefficient (Wildman–Crippen LogP) is 2.89. The highest BCUT2D eigenvalue weighted by molar-refractivity contribution is 5.98. The van der Waals surface area contributed by atoms with Gasteiger partial charge in [0, 0.05) is 5.56 Å². The van der Waals surface area contributed by atoms with Crippen LogP contribution in [0.25, 0.3) is 0 Å². The molecule has 7 nitrogen and oxygen atoms in total. The molecule has 0 radical (unpaired) electrons. The third-order valence-corrected chi connectivity index (χ3v) is 4.62. The number of hydrogen-bond acceptors (Lipinski definition) is 6. The van der Waals surface area contributed by atoms with Gasteiger partial charge in [-0.2, -0.15) is 13.2 Å². The molecule has 0 bridgehead atoms. The summed E-state index contributed by atoms with van der Waals surface area (Å²) in [5.41, 5.74) is 1.44. The zero-order valence-corrected chi connectivity index (χ0v) is 16.6. The van der Waals surface area contributed by atoms with Crippen molar-refractivity contribution in [1.29, 1.82) is 0 Å². The summed E-state index contributed by atoms with van der Waals surface area (Å²) in [6.07, 6.45) is -4.41. The second-order valence-electron chi connectivity index (χ2n) is 6.71. The van der Waals surface area contributed by atoms with Crippen LogP contribution in [0.2, 0.25) is 0 Å². The fourth-order valence-corrected chi connectivity index (χ4v) is 2.97. The van der Waals surface area contributed by atoms with Gasteiger partial charge in [-0.25, -0.2) is 5.17 Å². The molecule has 1 aliphatic heterocycles. The van der Waals surface area contributed by atoms with Crippen LogP contribution >= 0.6 is 0 Å². The van der Waals surface area contributed by atoms with E-state index in [2.05, 4.69) is 10.3 Å². The number of hydrogen-bond donors (Lipinski definition) is 1. The maximum atomic E-state index is 12.8. The number of hydrazone groups is 1. The fraction of sp³-hybridized carbons (Fsp3) is 0.300. The number of nitrogens with one attached hydrogen (secondary N) is 1. The van der Waals surface area contributed by atoms with E-state index in [0.717, 1.165) is 23.3 Å². The van der Waals surface area contributed by atoms with E-state index in [-0.39, 0.29) is 11.8 Å². The molecule has 0 fully saturated rings. The van der Waals surface area contributed by atoms with Crippen molar-refractivity contribution in [2.24, 2.45) is 10.3 Å². The third kappa shape index (κ3) is 4.71.